The van der Waals surface area contributed by atoms with E-state index < -0.39 is 22.6 Å². The van der Waals surface area contributed by atoms with Crippen LogP contribution in [0.15, 0.2) is 35.2 Å². The first-order chi connectivity index (χ1) is 14.2. The van der Waals surface area contributed by atoms with Crippen LogP contribution in [0.25, 0.3) is 0 Å². The first-order valence-corrected chi connectivity index (χ1v) is 11.6. The third-order valence-corrected chi connectivity index (χ3v) is 7.58. The summed E-state index contributed by atoms with van der Waals surface area (Å²) in [5.41, 5.74) is 2.37. The molecule has 0 saturated carbocycles. The number of rotatable bonds is 6. The fraction of sp³-hybridized carbons (Fsp3) is 0.455. The molecule has 1 fully saturated rings. The third kappa shape index (κ3) is 4.65. The lowest BCUT2D eigenvalue weighted by molar-refractivity contribution is 0.0474. The normalized spacial score (nSPS) is 15.6. The number of Topliss-reactive ketones (excluding diaryl/α,β-unsaturated/α-hetero) is 1. The summed E-state index contributed by atoms with van der Waals surface area (Å²) >= 11 is 0. The molecule has 0 unspecified atom stereocenters. The molecule has 0 atom stereocenters. The summed E-state index contributed by atoms with van der Waals surface area (Å²) in [5.74, 6) is -1.01. The second kappa shape index (κ2) is 9.14. The quantitative estimate of drug-likeness (QED) is 0.517. The van der Waals surface area contributed by atoms with Crippen LogP contribution in [-0.2, 0) is 21.8 Å². The largest absolute Gasteiger partial charge is 0.454 e. The van der Waals surface area contributed by atoms with E-state index >= 15 is 0 Å². The lowest BCUT2D eigenvalue weighted by Crippen LogP contribution is -2.32. The summed E-state index contributed by atoms with van der Waals surface area (Å²) in [5, 5.41) is 0. The fourth-order valence-electron chi connectivity index (χ4n) is 3.64. The zero-order valence-electron chi connectivity index (χ0n) is 17.7. The van der Waals surface area contributed by atoms with E-state index in [-0.39, 0.29) is 16.2 Å². The van der Waals surface area contributed by atoms with Crippen molar-refractivity contribution in [3.8, 4) is 0 Å². The van der Waals surface area contributed by atoms with Gasteiger partial charge in [-0.3, -0.25) is 4.79 Å². The van der Waals surface area contributed by atoms with Crippen LogP contribution in [0, 0.1) is 13.8 Å². The molecule has 2 heterocycles. The van der Waals surface area contributed by atoms with E-state index in [9.17, 15) is 18.0 Å². The maximum atomic E-state index is 13.0. The number of hydrogen-bond acceptors (Lipinski definition) is 5. The van der Waals surface area contributed by atoms with Gasteiger partial charge in [-0.1, -0.05) is 18.9 Å². The number of ketones is 1. The Labute approximate surface area is 177 Å². The van der Waals surface area contributed by atoms with Crippen molar-refractivity contribution in [1.29, 1.82) is 0 Å². The first-order valence-electron chi connectivity index (χ1n) is 10.2. The van der Waals surface area contributed by atoms with E-state index in [1.807, 2.05) is 25.5 Å². The number of esters is 1. The van der Waals surface area contributed by atoms with E-state index in [0.29, 0.717) is 18.7 Å². The number of carbonyl (C=O) groups is 2. The highest BCUT2D eigenvalue weighted by atomic mass is 32.2. The van der Waals surface area contributed by atoms with Crippen LogP contribution in [0.5, 0.6) is 0 Å². The van der Waals surface area contributed by atoms with Gasteiger partial charge in [0.25, 0.3) is 0 Å². The Bertz CT molecular complexity index is 1050. The Morgan fingerprint density at radius 2 is 1.70 bits per heavy atom. The van der Waals surface area contributed by atoms with Crippen LogP contribution < -0.4 is 0 Å². The Kier molecular flexibility index (Phi) is 6.77. The summed E-state index contributed by atoms with van der Waals surface area (Å²) in [6, 6.07) is 7.59. The fourth-order valence-corrected chi connectivity index (χ4v) is 5.21. The van der Waals surface area contributed by atoms with Gasteiger partial charge in [-0.25, -0.2) is 13.2 Å². The molecule has 30 heavy (non-hydrogen) atoms. The van der Waals surface area contributed by atoms with E-state index in [1.165, 1.54) is 28.6 Å². The molecule has 7 nitrogen and oxygen atoms in total. The molecule has 1 aliphatic heterocycles. The van der Waals surface area contributed by atoms with Gasteiger partial charge in [0, 0.05) is 37.1 Å². The molecular formula is C22H28N2O5S. The summed E-state index contributed by atoms with van der Waals surface area (Å²) in [4.78, 5) is 25.0. The summed E-state index contributed by atoms with van der Waals surface area (Å²) in [7, 11) is -1.80. The zero-order valence-corrected chi connectivity index (χ0v) is 18.5. The maximum Gasteiger partial charge on any atom is 0.338 e. The van der Waals surface area contributed by atoms with Crippen LogP contribution in [0.2, 0.25) is 0 Å². The van der Waals surface area contributed by atoms with Crippen LogP contribution in [0.4, 0.5) is 0 Å². The van der Waals surface area contributed by atoms with E-state index in [4.69, 9.17) is 4.74 Å². The van der Waals surface area contributed by atoms with Crippen molar-refractivity contribution in [1.82, 2.24) is 8.87 Å². The van der Waals surface area contributed by atoms with Crippen molar-refractivity contribution in [3.63, 3.8) is 0 Å². The predicted octanol–water partition coefficient (Wildman–Crippen LogP) is 3.25. The minimum atomic E-state index is -3.67. The number of carbonyl (C=O) groups excluding carboxylic acids is 2. The van der Waals surface area contributed by atoms with Crippen LogP contribution in [-0.4, -0.2) is 48.7 Å². The molecule has 3 rings (SSSR count). The molecule has 162 valence electrons. The highest BCUT2D eigenvalue weighted by Crippen LogP contribution is 2.21. The van der Waals surface area contributed by atoms with Gasteiger partial charge in [0.2, 0.25) is 15.8 Å². The summed E-state index contributed by atoms with van der Waals surface area (Å²) < 4.78 is 34.5. The molecule has 8 heteroatoms. The molecule has 0 aliphatic carbocycles. The highest BCUT2D eigenvalue weighted by molar-refractivity contribution is 7.89. The van der Waals surface area contributed by atoms with Gasteiger partial charge < -0.3 is 9.30 Å². The van der Waals surface area contributed by atoms with Crippen molar-refractivity contribution in [2.75, 3.05) is 19.7 Å². The average molecular weight is 433 g/mol. The standard InChI is InChI=1S/C22H28N2O5S/c1-16-13-20(17(2)23(16)3)21(25)15-29-22(26)18-9-8-10-19(14-18)30(27,28)24-11-6-4-5-7-12-24/h8-10,13-14H,4-7,11-12,15H2,1-3H3. The van der Waals surface area contributed by atoms with Gasteiger partial charge in [0.05, 0.1) is 10.5 Å². The van der Waals surface area contributed by atoms with Crippen molar-refractivity contribution in [3.05, 3.63) is 52.8 Å². The molecule has 0 amide bonds. The average Bonchev–Trinajstić information content (AvgIpc) is 2.94. The van der Waals surface area contributed by atoms with Crippen LogP contribution in [0.1, 0.15) is 57.8 Å². The molecule has 0 N–H and O–H groups in total. The number of hydrogen-bond donors (Lipinski definition) is 0. The predicted molar refractivity (Wildman–Crippen MR) is 113 cm³/mol. The zero-order chi connectivity index (χ0) is 21.9. The van der Waals surface area contributed by atoms with E-state index in [2.05, 4.69) is 0 Å². The highest BCUT2D eigenvalue weighted by Gasteiger charge is 2.26. The second-order valence-corrected chi connectivity index (χ2v) is 9.63. The van der Waals surface area contributed by atoms with Crippen molar-refractivity contribution in [2.45, 2.75) is 44.4 Å². The Balaban J connectivity index is 1.71. The number of aryl methyl sites for hydroxylation is 1. The number of nitrogens with zero attached hydrogens (tertiary/aromatic N) is 2. The molecule has 0 radical (unpaired) electrons. The lowest BCUT2D eigenvalue weighted by atomic mass is 10.1. The van der Waals surface area contributed by atoms with Crippen LogP contribution in [0.3, 0.4) is 0 Å². The molecule has 1 aromatic heterocycles. The Morgan fingerprint density at radius 1 is 1.03 bits per heavy atom. The maximum absolute atomic E-state index is 13.0. The van der Waals surface area contributed by atoms with Gasteiger partial charge in [0.1, 0.15) is 0 Å². The Hall–Kier alpha value is -2.45. The molecular weight excluding hydrogens is 404 g/mol. The third-order valence-electron chi connectivity index (χ3n) is 5.68. The van der Waals surface area contributed by atoms with E-state index in [0.717, 1.165) is 37.1 Å². The number of benzene rings is 1. The van der Waals surface area contributed by atoms with Crippen molar-refractivity contribution >= 4 is 21.8 Å². The summed E-state index contributed by atoms with van der Waals surface area (Å²) in [6.07, 6.45) is 3.71. The topological polar surface area (TPSA) is 85.7 Å². The van der Waals surface area contributed by atoms with Gasteiger partial charge in [-0.2, -0.15) is 4.31 Å². The van der Waals surface area contributed by atoms with Gasteiger partial charge in [0.15, 0.2) is 6.61 Å². The van der Waals surface area contributed by atoms with Crippen molar-refractivity contribution < 1.29 is 22.7 Å². The minimum Gasteiger partial charge on any atom is -0.454 e. The molecule has 1 aromatic carbocycles. The Morgan fingerprint density at radius 3 is 2.30 bits per heavy atom. The molecule has 1 saturated heterocycles. The smallest absolute Gasteiger partial charge is 0.338 e. The van der Waals surface area contributed by atoms with Gasteiger partial charge in [-0.15, -0.1) is 0 Å². The van der Waals surface area contributed by atoms with Gasteiger partial charge in [-0.05, 0) is 51.0 Å². The van der Waals surface area contributed by atoms with Crippen LogP contribution >= 0.6 is 0 Å². The molecule has 1 aliphatic rings. The minimum absolute atomic E-state index is 0.0692. The number of sulfonamides is 1. The lowest BCUT2D eigenvalue weighted by Gasteiger charge is -2.20. The summed E-state index contributed by atoms with van der Waals surface area (Å²) in [6.45, 7) is 4.31. The molecule has 0 spiro atoms. The molecule has 0 bridgehead atoms. The second-order valence-electron chi connectivity index (χ2n) is 7.69. The van der Waals surface area contributed by atoms with Gasteiger partial charge >= 0.3 is 5.97 Å². The van der Waals surface area contributed by atoms with Crippen molar-refractivity contribution in [2.24, 2.45) is 7.05 Å². The van der Waals surface area contributed by atoms with E-state index in [1.54, 1.807) is 6.07 Å². The molecule has 2 aromatic rings. The number of aromatic nitrogens is 1. The monoisotopic (exact) mass is 432 g/mol. The number of ether oxygens (including phenoxy) is 1. The SMILES string of the molecule is Cc1cc(C(=O)COC(=O)c2cccc(S(=O)(=O)N3CCCCCC3)c2)c(C)n1C. The first kappa shape index (κ1) is 22.2.